The third-order valence-corrected chi connectivity index (χ3v) is 4.25. The van der Waals surface area contributed by atoms with Gasteiger partial charge in [-0.3, -0.25) is 24.1 Å². The molecule has 0 fully saturated rings. The first-order chi connectivity index (χ1) is 13.3. The first kappa shape index (κ1) is 19.0. The third kappa shape index (κ3) is 3.68. The van der Waals surface area contributed by atoms with Gasteiger partial charge in [0, 0.05) is 11.9 Å². The fourth-order valence-corrected chi connectivity index (χ4v) is 3.09. The quantitative estimate of drug-likeness (QED) is 0.518. The van der Waals surface area contributed by atoms with Crippen LogP contribution in [0.15, 0.2) is 41.3 Å². The van der Waals surface area contributed by atoms with Gasteiger partial charge >= 0.3 is 11.2 Å². The smallest absolute Gasteiger partial charge is 0.355 e. The second kappa shape index (κ2) is 7.47. The summed E-state index contributed by atoms with van der Waals surface area (Å²) in [6.45, 7) is 5.47. The number of benzene rings is 1. The fraction of sp³-hybridized carbons (Fsp3) is 0.211. The second-order valence-electron chi connectivity index (χ2n) is 6.48. The number of anilines is 2. The number of carbonyl (C=O) groups excluding carboxylic acids is 1. The standard InChI is InChI=1S/C19H19N5O4/c1-11-8-12(2)16(13(3)9-11)22-15(25)10-20-18-17(24(27)28)19(26)23-7-5-4-6-14(23)21-18/h4-9,20H,10H2,1-3H3,(H,22,25). The molecule has 0 aliphatic carbocycles. The van der Waals surface area contributed by atoms with Crippen molar-refractivity contribution in [1.82, 2.24) is 9.38 Å². The van der Waals surface area contributed by atoms with E-state index in [-0.39, 0.29) is 18.0 Å². The van der Waals surface area contributed by atoms with Gasteiger partial charge in [0.1, 0.15) is 5.65 Å². The summed E-state index contributed by atoms with van der Waals surface area (Å²) in [7, 11) is 0. The Kier molecular flexibility index (Phi) is 5.08. The number of pyridine rings is 1. The summed E-state index contributed by atoms with van der Waals surface area (Å²) in [6.07, 6.45) is 1.40. The average molecular weight is 381 g/mol. The van der Waals surface area contributed by atoms with E-state index in [0.29, 0.717) is 5.69 Å². The molecule has 28 heavy (non-hydrogen) atoms. The number of carbonyl (C=O) groups is 1. The molecule has 0 atom stereocenters. The van der Waals surface area contributed by atoms with Crippen LogP contribution in [-0.2, 0) is 4.79 Å². The number of nitrogens with one attached hydrogen (secondary N) is 2. The zero-order valence-corrected chi connectivity index (χ0v) is 15.6. The number of amides is 1. The minimum Gasteiger partial charge on any atom is -0.355 e. The summed E-state index contributed by atoms with van der Waals surface area (Å²) >= 11 is 0. The maximum atomic E-state index is 12.4. The van der Waals surface area contributed by atoms with Crippen molar-refractivity contribution in [2.75, 3.05) is 17.2 Å². The van der Waals surface area contributed by atoms with E-state index in [1.807, 2.05) is 32.9 Å². The fourth-order valence-electron chi connectivity index (χ4n) is 3.09. The van der Waals surface area contributed by atoms with Gasteiger partial charge in [-0.1, -0.05) is 23.8 Å². The average Bonchev–Trinajstić information content (AvgIpc) is 2.62. The zero-order valence-electron chi connectivity index (χ0n) is 15.6. The molecular formula is C19H19N5O4. The van der Waals surface area contributed by atoms with Crippen LogP contribution in [0.4, 0.5) is 17.2 Å². The number of nitro groups is 1. The van der Waals surface area contributed by atoms with Gasteiger partial charge in [-0.2, -0.15) is 0 Å². The number of hydrogen-bond acceptors (Lipinski definition) is 6. The molecule has 0 saturated heterocycles. The highest BCUT2D eigenvalue weighted by Gasteiger charge is 2.23. The van der Waals surface area contributed by atoms with E-state index >= 15 is 0 Å². The molecule has 1 aromatic carbocycles. The van der Waals surface area contributed by atoms with E-state index in [1.54, 1.807) is 18.2 Å². The van der Waals surface area contributed by atoms with Gasteiger partial charge in [0.15, 0.2) is 0 Å². The molecule has 3 aromatic rings. The first-order valence-electron chi connectivity index (χ1n) is 8.55. The van der Waals surface area contributed by atoms with Crippen molar-refractivity contribution >= 4 is 28.7 Å². The number of rotatable bonds is 5. The van der Waals surface area contributed by atoms with Gasteiger partial charge in [0.25, 0.3) is 0 Å². The van der Waals surface area contributed by atoms with Gasteiger partial charge < -0.3 is 10.6 Å². The predicted octanol–water partition coefficient (Wildman–Crippen LogP) is 2.58. The number of fused-ring (bicyclic) bond motifs is 1. The molecular weight excluding hydrogens is 362 g/mol. The van der Waals surface area contributed by atoms with Crippen LogP contribution >= 0.6 is 0 Å². The normalized spacial score (nSPS) is 10.7. The molecule has 0 bridgehead atoms. The molecule has 1 amide bonds. The van der Waals surface area contributed by atoms with E-state index in [0.717, 1.165) is 21.1 Å². The van der Waals surface area contributed by atoms with Crippen molar-refractivity contribution in [3.63, 3.8) is 0 Å². The molecule has 0 radical (unpaired) electrons. The van der Waals surface area contributed by atoms with E-state index < -0.39 is 22.1 Å². The lowest BCUT2D eigenvalue weighted by Crippen LogP contribution is -2.26. The summed E-state index contributed by atoms with van der Waals surface area (Å²) in [6, 6.07) is 8.69. The van der Waals surface area contributed by atoms with Gasteiger partial charge in [-0.05, 0) is 44.0 Å². The lowest BCUT2D eigenvalue weighted by Gasteiger charge is -2.13. The van der Waals surface area contributed by atoms with Crippen molar-refractivity contribution in [3.8, 4) is 0 Å². The molecule has 0 aliphatic rings. The van der Waals surface area contributed by atoms with Crippen molar-refractivity contribution < 1.29 is 9.72 Å². The van der Waals surface area contributed by atoms with Crippen LogP contribution in [0.5, 0.6) is 0 Å². The summed E-state index contributed by atoms with van der Waals surface area (Å²) < 4.78 is 1.09. The van der Waals surface area contributed by atoms with E-state index in [4.69, 9.17) is 0 Å². The zero-order chi connectivity index (χ0) is 20.4. The molecule has 2 heterocycles. The molecule has 144 valence electrons. The largest absolute Gasteiger partial charge is 0.376 e. The Labute approximate surface area is 160 Å². The first-order valence-corrected chi connectivity index (χ1v) is 8.55. The van der Waals surface area contributed by atoms with Crippen LogP contribution in [0.1, 0.15) is 16.7 Å². The molecule has 9 nitrogen and oxygen atoms in total. The van der Waals surface area contributed by atoms with E-state index in [2.05, 4.69) is 15.6 Å². The van der Waals surface area contributed by atoms with Crippen molar-refractivity contribution in [3.05, 3.63) is 73.7 Å². The van der Waals surface area contributed by atoms with E-state index in [1.165, 1.54) is 6.20 Å². The Balaban J connectivity index is 1.86. The third-order valence-electron chi connectivity index (χ3n) is 4.25. The molecule has 0 spiro atoms. The Morgan fingerprint density at radius 2 is 1.89 bits per heavy atom. The van der Waals surface area contributed by atoms with Gasteiger partial charge in [0.05, 0.1) is 11.5 Å². The van der Waals surface area contributed by atoms with Crippen LogP contribution < -0.4 is 16.2 Å². The minimum atomic E-state index is -0.816. The summed E-state index contributed by atoms with van der Waals surface area (Å²) in [5, 5.41) is 16.8. The van der Waals surface area contributed by atoms with E-state index in [9.17, 15) is 19.7 Å². The molecule has 3 rings (SSSR count). The van der Waals surface area contributed by atoms with Crippen molar-refractivity contribution in [2.45, 2.75) is 20.8 Å². The molecule has 2 N–H and O–H groups in total. The van der Waals surface area contributed by atoms with Crippen molar-refractivity contribution in [1.29, 1.82) is 0 Å². The lowest BCUT2D eigenvalue weighted by atomic mass is 10.1. The van der Waals surface area contributed by atoms with Crippen LogP contribution in [0, 0.1) is 30.9 Å². The Morgan fingerprint density at radius 3 is 2.54 bits per heavy atom. The molecule has 0 aliphatic heterocycles. The number of nitrogens with zero attached hydrogens (tertiary/aromatic N) is 3. The monoisotopic (exact) mass is 381 g/mol. The Morgan fingerprint density at radius 1 is 1.21 bits per heavy atom. The number of aryl methyl sites for hydroxylation is 3. The van der Waals surface area contributed by atoms with Gasteiger partial charge in [-0.25, -0.2) is 4.98 Å². The van der Waals surface area contributed by atoms with Crippen LogP contribution in [-0.4, -0.2) is 26.8 Å². The van der Waals surface area contributed by atoms with Crippen molar-refractivity contribution in [2.24, 2.45) is 0 Å². The highest BCUT2D eigenvalue weighted by Crippen LogP contribution is 2.22. The molecule has 9 heteroatoms. The molecule has 0 saturated carbocycles. The Bertz CT molecular complexity index is 1130. The number of aromatic nitrogens is 2. The minimum absolute atomic E-state index is 0.242. The highest BCUT2D eigenvalue weighted by molar-refractivity contribution is 5.95. The molecule has 2 aromatic heterocycles. The van der Waals surface area contributed by atoms with Crippen LogP contribution in [0.25, 0.3) is 5.65 Å². The van der Waals surface area contributed by atoms with Gasteiger partial charge in [0.2, 0.25) is 11.7 Å². The lowest BCUT2D eigenvalue weighted by molar-refractivity contribution is -0.385. The molecule has 0 unspecified atom stereocenters. The maximum absolute atomic E-state index is 12.4. The Hall–Kier alpha value is -3.75. The summed E-state index contributed by atoms with van der Waals surface area (Å²) in [4.78, 5) is 39.4. The maximum Gasteiger partial charge on any atom is 0.376 e. The van der Waals surface area contributed by atoms with Gasteiger partial charge in [-0.15, -0.1) is 0 Å². The highest BCUT2D eigenvalue weighted by atomic mass is 16.6. The summed E-state index contributed by atoms with van der Waals surface area (Å²) in [5.41, 5.74) is 2.33. The van der Waals surface area contributed by atoms with Crippen LogP contribution in [0.3, 0.4) is 0 Å². The SMILES string of the molecule is Cc1cc(C)c(NC(=O)CNc2nc3ccccn3c(=O)c2[N+](=O)[O-])c(C)c1. The second-order valence-corrected chi connectivity index (χ2v) is 6.48. The predicted molar refractivity (Wildman–Crippen MR) is 106 cm³/mol. The van der Waals surface area contributed by atoms with Crippen LogP contribution in [0.2, 0.25) is 0 Å². The summed E-state index contributed by atoms with van der Waals surface area (Å²) in [5.74, 6) is -0.645. The number of hydrogen-bond donors (Lipinski definition) is 2. The topological polar surface area (TPSA) is 119 Å².